The van der Waals surface area contributed by atoms with Gasteiger partial charge in [-0.15, -0.1) is 11.3 Å². The molecule has 29 heavy (non-hydrogen) atoms. The summed E-state index contributed by atoms with van der Waals surface area (Å²) in [5, 5.41) is 4.70. The highest BCUT2D eigenvalue weighted by Gasteiger charge is 2.18. The highest BCUT2D eigenvalue weighted by molar-refractivity contribution is 7.93. The zero-order chi connectivity index (χ0) is 21.0. The van der Waals surface area contributed by atoms with Gasteiger partial charge in [0.05, 0.1) is 4.90 Å². The predicted octanol–water partition coefficient (Wildman–Crippen LogP) is 3.97. The van der Waals surface area contributed by atoms with Gasteiger partial charge in [-0.05, 0) is 56.7 Å². The third-order valence-electron chi connectivity index (χ3n) is 4.09. The lowest BCUT2D eigenvalue weighted by atomic mass is 10.1. The Balaban J connectivity index is 1.63. The number of hydrogen-bond donors (Lipinski definition) is 2. The zero-order valence-corrected chi connectivity index (χ0v) is 17.8. The predicted molar refractivity (Wildman–Crippen MR) is 114 cm³/mol. The van der Waals surface area contributed by atoms with Crippen molar-refractivity contribution in [2.24, 2.45) is 0 Å². The van der Waals surface area contributed by atoms with Gasteiger partial charge in [0.15, 0.2) is 11.2 Å². The average Bonchev–Trinajstić information content (AvgIpc) is 3.16. The third-order valence-corrected chi connectivity index (χ3v) is 6.26. The number of aryl methyl sites for hydroxylation is 2. The number of thiazole rings is 1. The van der Waals surface area contributed by atoms with Gasteiger partial charge in [0, 0.05) is 17.3 Å². The molecule has 1 aromatic heterocycles. The van der Waals surface area contributed by atoms with Gasteiger partial charge in [0.1, 0.15) is 5.75 Å². The molecule has 2 aromatic carbocycles. The summed E-state index contributed by atoms with van der Waals surface area (Å²) in [7, 11) is -3.73. The first kappa shape index (κ1) is 20.8. The fourth-order valence-electron chi connectivity index (χ4n) is 2.58. The number of amides is 1. The average molecular weight is 432 g/mol. The molecule has 9 heteroatoms. The Bertz CT molecular complexity index is 1100. The molecule has 1 atom stereocenters. The second kappa shape index (κ2) is 8.62. The van der Waals surface area contributed by atoms with Crippen LogP contribution in [0.1, 0.15) is 18.1 Å². The lowest BCUT2D eigenvalue weighted by Gasteiger charge is -2.16. The number of benzene rings is 2. The van der Waals surface area contributed by atoms with Gasteiger partial charge in [-0.25, -0.2) is 13.4 Å². The number of ether oxygens (including phenoxy) is 1. The van der Waals surface area contributed by atoms with Gasteiger partial charge in [0.25, 0.3) is 15.9 Å². The van der Waals surface area contributed by atoms with Crippen molar-refractivity contribution in [3.8, 4) is 5.75 Å². The summed E-state index contributed by atoms with van der Waals surface area (Å²) in [6.45, 7) is 5.57. The number of carbonyl (C=O) groups excluding carboxylic acids is 1. The molecular formula is C20H21N3O4S2. The minimum absolute atomic E-state index is 0.0743. The molecule has 0 spiro atoms. The van der Waals surface area contributed by atoms with Gasteiger partial charge in [-0.1, -0.05) is 17.7 Å². The highest BCUT2D eigenvalue weighted by Crippen LogP contribution is 2.22. The number of nitrogens with zero attached hydrogens (tertiary/aromatic N) is 1. The van der Waals surface area contributed by atoms with Crippen LogP contribution in [0.2, 0.25) is 0 Å². The lowest BCUT2D eigenvalue weighted by molar-refractivity contribution is -0.122. The SMILES string of the molecule is Cc1ccc(O[C@H](C)C(=O)Nc2ccc(S(=O)(=O)Nc3nccs3)cc2)c(C)c1. The maximum Gasteiger partial charge on any atom is 0.265 e. The summed E-state index contributed by atoms with van der Waals surface area (Å²) in [5.41, 5.74) is 2.54. The molecule has 0 aliphatic rings. The van der Waals surface area contributed by atoms with Crippen LogP contribution in [-0.2, 0) is 14.8 Å². The summed E-state index contributed by atoms with van der Waals surface area (Å²) in [6, 6.07) is 11.6. The number of rotatable bonds is 7. The van der Waals surface area contributed by atoms with Gasteiger partial charge in [-0.3, -0.25) is 9.52 Å². The van der Waals surface area contributed by atoms with E-state index in [0.29, 0.717) is 16.6 Å². The van der Waals surface area contributed by atoms with Crippen LogP contribution in [0.4, 0.5) is 10.8 Å². The van der Waals surface area contributed by atoms with Crippen LogP contribution in [0.3, 0.4) is 0 Å². The molecule has 1 amide bonds. The van der Waals surface area contributed by atoms with Gasteiger partial charge in [0.2, 0.25) is 0 Å². The van der Waals surface area contributed by atoms with Crippen molar-refractivity contribution in [3.63, 3.8) is 0 Å². The van der Waals surface area contributed by atoms with Crippen LogP contribution in [0.25, 0.3) is 0 Å². The van der Waals surface area contributed by atoms with E-state index in [1.807, 2.05) is 32.0 Å². The Morgan fingerprint density at radius 1 is 1.14 bits per heavy atom. The normalized spacial score (nSPS) is 12.2. The van der Waals surface area contributed by atoms with Crippen molar-refractivity contribution in [1.29, 1.82) is 0 Å². The molecule has 0 saturated carbocycles. The van der Waals surface area contributed by atoms with Crippen molar-refractivity contribution in [2.75, 3.05) is 10.0 Å². The largest absolute Gasteiger partial charge is 0.481 e. The van der Waals surface area contributed by atoms with E-state index in [0.717, 1.165) is 11.1 Å². The molecule has 2 N–H and O–H groups in total. The molecule has 7 nitrogen and oxygen atoms in total. The summed E-state index contributed by atoms with van der Waals surface area (Å²) in [5.74, 6) is 0.314. The third kappa shape index (κ3) is 5.33. The molecule has 3 rings (SSSR count). The minimum atomic E-state index is -3.73. The second-order valence-corrected chi connectivity index (χ2v) is 9.06. The molecule has 0 bridgehead atoms. The maximum atomic E-state index is 12.4. The van der Waals surface area contributed by atoms with E-state index in [4.69, 9.17) is 4.74 Å². The minimum Gasteiger partial charge on any atom is -0.481 e. The molecule has 152 valence electrons. The highest BCUT2D eigenvalue weighted by atomic mass is 32.2. The van der Waals surface area contributed by atoms with Gasteiger partial charge >= 0.3 is 0 Å². The standard InChI is InChI=1S/C20H21N3O4S2/c1-13-4-9-18(14(2)12-13)27-15(3)19(24)22-16-5-7-17(8-6-16)29(25,26)23-20-21-10-11-28-20/h4-12,15H,1-3H3,(H,21,23)(H,22,24)/t15-/m1/s1. The van der Waals surface area contributed by atoms with E-state index in [9.17, 15) is 13.2 Å². The Morgan fingerprint density at radius 3 is 2.48 bits per heavy atom. The molecule has 0 fully saturated rings. The van der Waals surface area contributed by atoms with Crippen LogP contribution in [0, 0.1) is 13.8 Å². The molecule has 0 saturated heterocycles. The topological polar surface area (TPSA) is 97.4 Å². The van der Waals surface area contributed by atoms with Crippen molar-refractivity contribution >= 4 is 38.1 Å². The van der Waals surface area contributed by atoms with E-state index < -0.39 is 16.1 Å². The number of sulfonamides is 1. The van der Waals surface area contributed by atoms with E-state index in [1.165, 1.54) is 41.8 Å². The number of nitrogens with one attached hydrogen (secondary N) is 2. The Labute approximate surface area is 173 Å². The van der Waals surface area contributed by atoms with Crippen molar-refractivity contribution in [1.82, 2.24) is 4.98 Å². The Hall–Kier alpha value is -2.91. The number of aromatic nitrogens is 1. The van der Waals surface area contributed by atoms with E-state index in [2.05, 4.69) is 15.0 Å². The second-order valence-electron chi connectivity index (χ2n) is 6.49. The molecule has 0 aliphatic carbocycles. The number of anilines is 2. The lowest BCUT2D eigenvalue weighted by Crippen LogP contribution is -2.30. The van der Waals surface area contributed by atoms with Crippen LogP contribution < -0.4 is 14.8 Å². The van der Waals surface area contributed by atoms with Crippen LogP contribution in [0.5, 0.6) is 5.75 Å². The molecular weight excluding hydrogens is 410 g/mol. The monoisotopic (exact) mass is 431 g/mol. The zero-order valence-electron chi connectivity index (χ0n) is 16.2. The molecule has 3 aromatic rings. The first-order chi connectivity index (χ1) is 13.7. The van der Waals surface area contributed by atoms with Crippen molar-refractivity contribution in [3.05, 3.63) is 65.2 Å². The smallest absolute Gasteiger partial charge is 0.265 e. The molecule has 1 heterocycles. The van der Waals surface area contributed by atoms with Gasteiger partial charge in [-0.2, -0.15) is 0 Å². The van der Waals surface area contributed by atoms with Crippen molar-refractivity contribution in [2.45, 2.75) is 31.8 Å². The first-order valence-corrected chi connectivity index (χ1v) is 11.2. The van der Waals surface area contributed by atoms with Crippen LogP contribution in [-0.4, -0.2) is 25.4 Å². The molecule has 0 radical (unpaired) electrons. The summed E-state index contributed by atoms with van der Waals surface area (Å²) >= 11 is 1.19. The summed E-state index contributed by atoms with van der Waals surface area (Å²) < 4.78 is 32.8. The molecule has 0 unspecified atom stereocenters. The van der Waals surface area contributed by atoms with E-state index in [-0.39, 0.29) is 10.8 Å². The van der Waals surface area contributed by atoms with Crippen molar-refractivity contribution < 1.29 is 17.9 Å². The van der Waals surface area contributed by atoms with Crippen LogP contribution >= 0.6 is 11.3 Å². The fraction of sp³-hybridized carbons (Fsp3) is 0.200. The first-order valence-electron chi connectivity index (χ1n) is 8.82. The van der Waals surface area contributed by atoms with Crippen LogP contribution in [0.15, 0.2) is 58.9 Å². The summed E-state index contributed by atoms with van der Waals surface area (Å²) in [4.78, 5) is 16.4. The fourth-order valence-corrected chi connectivity index (χ4v) is 4.37. The number of hydrogen-bond acceptors (Lipinski definition) is 6. The Kier molecular flexibility index (Phi) is 6.19. The molecule has 0 aliphatic heterocycles. The number of carbonyl (C=O) groups is 1. The Morgan fingerprint density at radius 2 is 1.86 bits per heavy atom. The summed E-state index contributed by atoms with van der Waals surface area (Å²) in [6.07, 6.45) is 0.800. The van der Waals surface area contributed by atoms with Gasteiger partial charge < -0.3 is 10.1 Å². The quantitative estimate of drug-likeness (QED) is 0.590. The van der Waals surface area contributed by atoms with E-state index in [1.54, 1.807) is 12.3 Å². The van der Waals surface area contributed by atoms with E-state index >= 15 is 0 Å². The maximum absolute atomic E-state index is 12.4.